The molecule has 1 saturated carbocycles. The molecule has 3 rings (SSSR count). The number of fused-ring (bicyclic) bond motifs is 1. The number of hydrogen-bond donors (Lipinski definition) is 2. The van der Waals surface area contributed by atoms with Gasteiger partial charge >= 0.3 is 0 Å². The van der Waals surface area contributed by atoms with Crippen molar-refractivity contribution in [3.05, 3.63) is 36.0 Å². The Labute approximate surface area is 111 Å². The van der Waals surface area contributed by atoms with Crippen molar-refractivity contribution in [3.63, 3.8) is 0 Å². The van der Waals surface area contributed by atoms with Crippen LogP contribution in [0.2, 0.25) is 0 Å². The molecular weight excluding hydrogens is 242 g/mol. The summed E-state index contributed by atoms with van der Waals surface area (Å²) in [6.45, 7) is 0.990. The van der Waals surface area contributed by atoms with Gasteiger partial charge in [-0.2, -0.15) is 0 Å². The van der Waals surface area contributed by atoms with E-state index in [4.69, 9.17) is 18.0 Å². The minimum Gasteiger partial charge on any atom is -0.389 e. The molecule has 0 unspecified atom stereocenters. The largest absolute Gasteiger partial charge is 0.389 e. The number of nitrogens with zero attached hydrogens (tertiary/aromatic N) is 1. The van der Waals surface area contributed by atoms with Crippen molar-refractivity contribution in [2.75, 3.05) is 11.9 Å². The molecule has 1 fully saturated rings. The summed E-state index contributed by atoms with van der Waals surface area (Å²) < 4.78 is 0. The Balaban J connectivity index is 2.08. The van der Waals surface area contributed by atoms with Crippen LogP contribution in [0.25, 0.3) is 10.9 Å². The molecule has 2 aromatic rings. The number of benzene rings is 1. The summed E-state index contributed by atoms with van der Waals surface area (Å²) in [7, 11) is 0. The van der Waals surface area contributed by atoms with Crippen LogP contribution in [0, 0.1) is 5.92 Å². The second-order valence-electron chi connectivity index (χ2n) is 4.75. The van der Waals surface area contributed by atoms with Gasteiger partial charge in [0, 0.05) is 18.1 Å². The number of para-hydroxylation sites is 1. The van der Waals surface area contributed by atoms with Gasteiger partial charge in [-0.3, -0.25) is 4.98 Å². The van der Waals surface area contributed by atoms with Crippen LogP contribution in [0.15, 0.2) is 30.5 Å². The van der Waals surface area contributed by atoms with E-state index < -0.39 is 0 Å². The van der Waals surface area contributed by atoms with E-state index in [0.29, 0.717) is 4.99 Å². The zero-order valence-corrected chi connectivity index (χ0v) is 10.8. The van der Waals surface area contributed by atoms with Crippen LogP contribution in [0.1, 0.15) is 18.4 Å². The number of anilines is 1. The third-order valence-electron chi connectivity index (χ3n) is 3.31. The standard InChI is InChI=1S/C14H15N3S/c15-14(18)11-8-16-12-4-2-1-3-10(12)13(11)17-7-9-5-6-9/h1-4,8-9H,5-7H2,(H2,15,18)(H,16,17). The van der Waals surface area contributed by atoms with Gasteiger partial charge in [0.05, 0.1) is 16.8 Å². The van der Waals surface area contributed by atoms with Crippen LogP contribution in [0.3, 0.4) is 0 Å². The SMILES string of the molecule is NC(=S)c1cnc2ccccc2c1NCC1CC1. The first-order chi connectivity index (χ1) is 8.75. The normalized spacial score (nSPS) is 14.7. The van der Waals surface area contributed by atoms with E-state index >= 15 is 0 Å². The summed E-state index contributed by atoms with van der Waals surface area (Å²) in [5.41, 5.74) is 8.61. The first kappa shape index (κ1) is 11.4. The molecule has 3 N–H and O–H groups in total. The molecule has 0 aliphatic heterocycles. The lowest BCUT2D eigenvalue weighted by molar-refractivity contribution is 0.890. The molecule has 0 radical (unpaired) electrons. The Morgan fingerprint density at radius 1 is 1.39 bits per heavy atom. The molecule has 1 aliphatic rings. The van der Waals surface area contributed by atoms with E-state index in [-0.39, 0.29) is 0 Å². The lowest BCUT2D eigenvalue weighted by Crippen LogP contribution is -2.15. The second-order valence-corrected chi connectivity index (χ2v) is 5.19. The van der Waals surface area contributed by atoms with Gasteiger partial charge in [-0.25, -0.2) is 0 Å². The van der Waals surface area contributed by atoms with Crippen molar-refractivity contribution in [1.29, 1.82) is 0 Å². The zero-order valence-electron chi connectivity index (χ0n) is 10.0. The minimum absolute atomic E-state index is 0.395. The van der Waals surface area contributed by atoms with Gasteiger partial charge in [0.15, 0.2) is 0 Å². The van der Waals surface area contributed by atoms with E-state index in [1.807, 2.05) is 18.2 Å². The van der Waals surface area contributed by atoms with Gasteiger partial charge in [0.1, 0.15) is 4.99 Å². The van der Waals surface area contributed by atoms with E-state index in [0.717, 1.165) is 34.6 Å². The van der Waals surface area contributed by atoms with Crippen LogP contribution in [-0.4, -0.2) is 16.5 Å². The Hall–Kier alpha value is -1.68. The van der Waals surface area contributed by atoms with Crippen LogP contribution in [-0.2, 0) is 0 Å². The van der Waals surface area contributed by atoms with Crippen molar-refractivity contribution < 1.29 is 0 Å². The average molecular weight is 257 g/mol. The van der Waals surface area contributed by atoms with Crippen molar-refractivity contribution in [3.8, 4) is 0 Å². The number of hydrogen-bond acceptors (Lipinski definition) is 3. The molecule has 0 bridgehead atoms. The number of pyridine rings is 1. The maximum Gasteiger partial charge on any atom is 0.107 e. The summed E-state index contributed by atoms with van der Waals surface area (Å²) in [6, 6.07) is 8.05. The topological polar surface area (TPSA) is 50.9 Å². The molecule has 1 heterocycles. The van der Waals surface area contributed by atoms with Gasteiger partial charge in [-0.05, 0) is 24.8 Å². The lowest BCUT2D eigenvalue weighted by Gasteiger charge is -2.13. The van der Waals surface area contributed by atoms with Crippen LogP contribution in [0.4, 0.5) is 5.69 Å². The van der Waals surface area contributed by atoms with E-state index in [1.165, 1.54) is 12.8 Å². The highest BCUT2D eigenvalue weighted by atomic mass is 32.1. The smallest absolute Gasteiger partial charge is 0.107 e. The molecule has 1 aromatic carbocycles. The quantitative estimate of drug-likeness (QED) is 0.827. The Bertz CT molecular complexity index is 605. The highest BCUT2D eigenvalue weighted by Crippen LogP contribution is 2.31. The molecule has 1 aliphatic carbocycles. The molecular formula is C14H15N3S. The lowest BCUT2D eigenvalue weighted by atomic mass is 10.1. The number of nitrogens with two attached hydrogens (primary N) is 1. The minimum atomic E-state index is 0.395. The molecule has 0 atom stereocenters. The monoisotopic (exact) mass is 257 g/mol. The highest BCUT2D eigenvalue weighted by molar-refractivity contribution is 7.80. The predicted octanol–water partition coefficient (Wildman–Crippen LogP) is 2.69. The second kappa shape index (κ2) is 4.53. The predicted molar refractivity (Wildman–Crippen MR) is 78.8 cm³/mol. The molecule has 1 aromatic heterocycles. The van der Waals surface area contributed by atoms with Crippen LogP contribution in [0.5, 0.6) is 0 Å². The van der Waals surface area contributed by atoms with Gasteiger partial charge in [-0.15, -0.1) is 0 Å². The summed E-state index contributed by atoms with van der Waals surface area (Å²) >= 11 is 5.11. The molecule has 0 spiro atoms. The fourth-order valence-corrected chi connectivity index (χ4v) is 2.24. The third-order valence-corrected chi connectivity index (χ3v) is 3.53. The number of aromatic nitrogens is 1. The third kappa shape index (κ3) is 2.16. The van der Waals surface area contributed by atoms with Crippen LogP contribution >= 0.6 is 12.2 Å². The fraction of sp³-hybridized carbons (Fsp3) is 0.286. The maximum atomic E-state index is 5.78. The first-order valence-corrected chi connectivity index (χ1v) is 6.58. The summed E-state index contributed by atoms with van der Waals surface area (Å²) in [5.74, 6) is 0.802. The van der Waals surface area contributed by atoms with E-state index in [1.54, 1.807) is 6.20 Å². The maximum absolute atomic E-state index is 5.78. The molecule has 0 amide bonds. The number of rotatable bonds is 4. The van der Waals surface area contributed by atoms with E-state index in [2.05, 4.69) is 16.4 Å². The van der Waals surface area contributed by atoms with Gasteiger partial charge in [-0.1, -0.05) is 30.4 Å². The molecule has 3 nitrogen and oxygen atoms in total. The summed E-state index contributed by atoms with van der Waals surface area (Å²) in [5, 5.41) is 4.58. The fourth-order valence-electron chi connectivity index (χ4n) is 2.09. The van der Waals surface area contributed by atoms with Gasteiger partial charge in [0.25, 0.3) is 0 Å². The zero-order chi connectivity index (χ0) is 12.5. The molecule has 18 heavy (non-hydrogen) atoms. The number of thiocarbonyl (C=S) groups is 1. The van der Waals surface area contributed by atoms with E-state index in [9.17, 15) is 0 Å². The van der Waals surface area contributed by atoms with Crippen molar-refractivity contribution in [2.24, 2.45) is 11.7 Å². The van der Waals surface area contributed by atoms with Gasteiger partial charge in [0.2, 0.25) is 0 Å². The summed E-state index contributed by atoms with van der Waals surface area (Å²) in [4.78, 5) is 4.79. The van der Waals surface area contributed by atoms with Gasteiger partial charge < -0.3 is 11.1 Å². The Kier molecular flexibility index (Phi) is 2.88. The van der Waals surface area contributed by atoms with Crippen molar-refractivity contribution >= 4 is 33.8 Å². The first-order valence-electron chi connectivity index (χ1n) is 6.17. The molecule has 0 saturated heterocycles. The molecule has 92 valence electrons. The number of nitrogens with one attached hydrogen (secondary N) is 1. The highest BCUT2D eigenvalue weighted by Gasteiger charge is 2.21. The van der Waals surface area contributed by atoms with Crippen LogP contribution < -0.4 is 11.1 Å². The van der Waals surface area contributed by atoms with Crippen molar-refractivity contribution in [2.45, 2.75) is 12.8 Å². The van der Waals surface area contributed by atoms with Crippen molar-refractivity contribution in [1.82, 2.24) is 4.98 Å². The molecule has 4 heteroatoms. The summed E-state index contributed by atoms with van der Waals surface area (Å²) in [6.07, 6.45) is 4.40. The Morgan fingerprint density at radius 3 is 2.89 bits per heavy atom. The Morgan fingerprint density at radius 2 is 2.17 bits per heavy atom. The average Bonchev–Trinajstić information content (AvgIpc) is 3.19.